The molecule has 2 rings (SSSR count). The van der Waals surface area contributed by atoms with Gasteiger partial charge >= 0.3 is 11.9 Å². The van der Waals surface area contributed by atoms with Crippen molar-refractivity contribution in [2.45, 2.75) is 13.8 Å². The van der Waals surface area contributed by atoms with Crippen molar-refractivity contribution in [1.29, 1.82) is 0 Å². The van der Waals surface area contributed by atoms with Crippen LogP contribution in [-0.4, -0.2) is 30.1 Å². The summed E-state index contributed by atoms with van der Waals surface area (Å²) < 4.78 is 72.8. The van der Waals surface area contributed by atoms with Gasteiger partial charge in [0.15, 0.2) is 23.3 Å². The lowest BCUT2D eigenvalue weighted by Gasteiger charge is -2.23. The maximum atomic E-state index is 14.1. The van der Waals surface area contributed by atoms with Gasteiger partial charge in [-0.05, 0) is 13.8 Å². The van der Waals surface area contributed by atoms with Crippen LogP contribution in [0, 0.1) is 34.5 Å². The summed E-state index contributed by atoms with van der Waals surface area (Å²) in [6, 6.07) is 0. The van der Waals surface area contributed by atoms with Crippen molar-refractivity contribution >= 4 is 23.5 Å². The van der Waals surface area contributed by atoms with E-state index in [-0.39, 0.29) is 4.90 Å². The zero-order valence-electron chi connectivity index (χ0n) is 13.4. The van der Waals surface area contributed by atoms with Crippen LogP contribution in [0.15, 0.2) is 11.3 Å². The summed E-state index contributed by atoms with van der Waals surface area (Å²) in [4.78, 5) is 35.8. The number of ether oxygens (including phenoxy) is 1. The molecule has 1 aromatic carbocycles. The average molecular weight is 379 g/mol. The molecule has 0 aliphatic carbocycles. The number of halogens is 5. The minimum atomic E-state index is -2.48. The topological polar surface area (TPSA) is 83.9 Å². The van der Waals surface area contributed by atoms with E-state index in [2.05, 4.69) is 4.74 Å². The average Bonchev–Trinajstić information content (AvgIpc) is 2.78. The number of anilines is 1. The minimum absolute atomic E-state index is 0.161. The number of aliphatic carboxylic acids is 1. The van der Waals surface area contributed by atoms with Gasteiger partial charge in [-0.3, -0.25) is 9.69 Å². The quantitative estimate of drug-likeness (QED) is 0.377. The molecule has 11 heteroatoms. The van der Waals surface area contributed by atoms with E-state index < -0.39 is 69.3 Å². The third-order valence-corrected chi connectivity index (χ3v) is 3.83. The number of esters is 1. The third kappa shape index (κ3) is 2.42. The Morgan fingerprint density at radius 2 is 1.38 bits per heavy atom. The highest BCUT2D eigenvalue weighted by molar-refractivity contribution is 6.20. The van der Waals surface area contributed by atoms with Crippen LogP contribution in [0.4, 0.5) is 27.6 Å². The summed E-state index contributed by atoms with van der Waals surface area (Å²) in [6.45, 7) is 2.02. The summed E-state index contributed by atoms with van der Waals surface area (Å²) in [5.74, 6) is -16.7. The molecule has 26 heavy (non-hydrogen) atoms. The van der Waals surface area contributed by atoms with Crippen molar-refractivity contribution in [2.24, 2.45) is 5.41 Å². The number of rotatable bonds is 3. The first-order chi connectivity index (χ1) is 11.9. The Bertz CT molecular complexity index is 864. The lowest BCUT2D eigenvalue weighted by Crippen LogP contribution is -2.37. The normalized spacial score (nSPS) is 16.3. The standard InChI is InChI=1S/C15H10F5NO5/c1-15(2)4(12(22)23)10(13(24)26-3)21(14(15)25)11-8(19)6(17)5(16)7(18)9(11)20/h1-3H3,(H,22,23). The Hall–Kier alpha value is -2.98. The van der Waals surface area contributed by atoms with Crippen molar-refractivity contribution in [1.82, 2.24) is 0 Å². The molecular formula is C15H10F5NO5. The summed E-state index contributed by atoms with van der Waals surface area (Å²) in [5.41, 5.74) is -5.86. The number of carboxylic acids is 1. The van der Waals surface area contributed by atoms with Gasteiger partial charge in [0.2, 0.25) is 11.7 Å². The molecule has 0 saturated heterocycles. The van der Waals surface area contributed by atoms with Gasteiger partial charge in [0.1, 0.15) is 11.4 Å². The molecule has 6 nitrogen and oxygen atoms in total. The second kappa shape index (κ2) is 6.07. The number of carbonyl (C=O) groups excluding carboxylic acids is 2. The van der Waals surface area contributed by atoms with Gasteiger partial charge in [0, 0.05) is 0 Å². The molecule has 1 amide bonds. The Balaban J connectivity index is 2.96. The van der Waals surface area contributed by atoms with Crippen molar-refractivity contribution in [2.75, 3.05) is 12.0 Å². The number of benzene rings is 1. The molecule has 0 spiro atoms. The predicted octanol–water partition coefficient (Wildman–Crippen LogP) is 2.27. The molecule has 1 N–H and O–H groups in total. The highest BCUT2D eigenvalue weighted by Gasteiger charge is 2.54. The first-order valence-corrected chi connectivity index (χ1v) is 6.81. The summed E-state index contributed by atoms with van der Waals surface area (Å²) in [7, 11) is 0.779. The minimum Gasteiger partial charge on any atom is -0.478 e. The maximum Gasteiger partial charge on any atom is 0.355 e. The van der Waals surface area contributed by atoms with E-state index in [1.165, 1.54) is 0 Å². The number of methoxy groups -OCH3 is 1. The van der Waals surface area contributed by atoms with Gasteiger partial charge in [0.25, 0.3) is 0 Å². The monoisotopic (exact) mass is 379 g/mol. The number of amides is 1. The second-order valence-corrected chi connectivity index (χ2v) is 5.70. The van der Waals surface area contributed by atoms with Crippen LogP contribution in [-0.2, 0) is 19.1 Å². The van der Waals surface area contributed by atoms with Crippen LogP contribution in [0.2, 0.25) is 0 Å². The molecule has 0 radical (unpaired) electrons. The van der Waals surface area contributed by atoms with Crippen LogP contribution in [0.1, 0.15) is 13.8 Å². The summed E-state index contributed by atoms with van der Waals surface area (Å²) in [6.07, 6.45) is 0. The van der Waals surface area contributed by atoms with Gasteiger partial charge in [-0.15, -0.1) is 0 Å². The van der Waals surface area contributed by atoms with E-state index in [1.54, 1.807) is 0 Å². The zero-order chi connectivity index (χ0) is 20.1. The highest BCUT2D eigenvalue weighted by atomic mass is 19.2. The third-order valence-electron chi connectivity index (χ3n) is 3.83. The first-order valence-electron chi connectivity index (χ1n) is 6.81. The Labute approximate surface area is 142 Å². The molecular weight excluding hydrogens is 369 g/mol. The van der Waals surface area contributed by atoms with E-state index in [9.17, 15) is 41.4 Å². The molecule has 0 fully saturated rings. The van der Waals surface area contributed by atoms with Crippen LogP contribution in [0.5, 0.6) is 0 Å². The van der Waals surface area contributed by atoms with Crippen molar-refractivity contribution in [3.05, 3.63) is 40.4 Å². The van der Waals surface area contributed by atoms with Crippen molar-refractivity contribution < 1.29 is 46.2 Å². The maximum absolute atomic E-state index is 14.1. The van der Waals surface area contributed by atoms with Crippen molar-refractivity contribution in [3.8, 4) is 0 Å². The summed E-state index contributed by atoms with van der Waals surface area (Å²) in [5, 5.41) is 9.30. The van der Waals surface area contributed by atoms with E-state index in [0.717, 1.165) is 21.0 Å². The molecule has 0 unspecified atom stereocenters. The summed E-state index contributed by atoms with van der Waals surface area (Å²) >= 11 is 0. The van der Waals surface area contributed by atoms with Gasteiger partial charge in [-0.25, -0.2) is 31.5 Å². The molecule has 0 atom stereocenters. The Morgan fingerprint density at radius 3 is 1.77 bits per heavy atom. The molecule has 1 aliphatic heterocycles. The molecule has 0 saturated carbocycles. The van der Waals surface area contributed by atoms with Gasteiger partial charge in [0.05, 0.1) is 18.1 Å². The molecule has 1 aromatic rings. The van der Waals surface area contributed by atoms with Crippen molar-refractivity contribution in [3.63, 3.8) is 0 Å². The van der Waals surface area contributed by atoms with E-state index in [4.69, 9.17) is 0 Å². The number of carboxylic acid groups (broad SMARTS) is 1. The van der Waals surface area contributed by atoms with Crippen LogP contribution >= 0.6 is 0 Å². The number of carbonyl (C=O) groups is 3. The van der Waals surface area contributed by atoms with Gasteiger partial charge in [-0.1, -0.05) is 0 Å². The first kappa shape index (κ1) is 19.3. The molecule has 1 aliphatic rings. The van der Waals surface area contributed by atoms with Crippen LogP contribution < -0.4 is 4.90 Å². The smallest absolute Gasteiger partial charge is 0.355 e. The number of hydrogen-bond acceptors (Lipinski definition) is 4. The number of nitrogens with zero attached hydrogens (tertiary/aromatic N) is 1. The van der Waals surface area contributed by atoms with E-state index in [1.807, 2.05) is 0 Å². The molecule has 0 aromatic heterocycles. The lowest BCUT2D eigenvalue weighted by molar-refractivity contribution is -0.138. The molecule has 0 bridgehead atoms. The fourth-order valence-electron chi connectivity index (χ4n) is 2.56. The largest absolute Gasteiger partial charge is 0.478 e. The fourth-order valence-corrected chi connectivity index (χ4v) is 2.56. The van der Waals surface area contributed by atoms with E-state index in [0.29, 0.717) is 0 Å². The SMILES string of the molecule is COC(=O)C1=C(C(=O)O)C(C)(C)C(=O)N1c1c(F)c(F)c(F)c(F)c1F. The second-order valence-electron chi connectivity index (χ2n) is 5.70. The predicted molar refractivity (Wildman–Crippen MR) is 74.2 cm³/mol. The van der Waals surface area contributed by atoms with Gasteiger partial charge < -0.3 is 9.84 Å². The molecule has 140 valence electrons. The Morgan fingerprint density at radius 1 is 0.962 bits per heavy atom. The van der Waals surface area contributed by atoms with E-state index >= 15 is 0 Å². The fraction of sp³-hybridized carbons (Fsp3) is 0.267. The zero-order valence-corrected chi connectivity index (χ0v) is 13.4. The molecule has 1 heterocycles. The van der Waals surface area contributed by atoms with Gasteiger partial charge in [-0.2, -0.15) is 0 Å². The highest BCUT2D eigenvalue weighted by Crippen LogP contribution is 2.45. The number of hydrogen-bond donors (Lipinski definition) is 1. The lowest BCUT2D eigenvalue weighted by atomic mass is 9.85. The van der Waals surface area contributed by atoms with Crippen LogP contribution in [0.3, 0.4) is 0 Å². The van der Waals surface area contributed by atoms with Crippen LogP contribution in [0.25, 0.3) is 0 Å². The Kier molecular flexibility index (Phi) is 4.52.